The summed E-state index contributed by atoms with van der Waals surface area (Å²) in [5, 5.41) is 0. The Labute approximate surface area is 442 Å². The van der Waals surface area contributed by atoms with Crippen LogP contribution in [0.5, 0.6) is 17.2 Å². The molecule has 3 heteroatoms. The van der Waals surface area contributed by atoms with Gasteiger partial charge in [0.2, 0.25) is 0 Å². The lowest BCUT2D eigenvalue weighted by atomic mass is 9.75. The molecule has 0 aliphatic heterocycles. The Hall–Kier alpha value is -4.50. The van der Waals surface area contributed by atoms with Gasteiger partial charge in [-0.1, -0.05) is 178 Å². The molecule has 4 aromatic rings. The fraction of sp³-hybridized carbons (Fsp3) is 0.565. The van der Waals surface area contributed by atoms with Gasteiger partial charge >= 0.3 is 0 Å². The summed E-state index contributed by atoms with van der Waals surface area (Å²) >= 11 is 0. The number of ether oxygens (including phenoxy) is 3. The molecule has 0 heterocycles. The van der Waals surface area contributed by atoms with Gasteiger partial charge in [-0.2, -0.15) is 0 Å². The summed E-state index contributed by atoms with van der Waals surface area (Å²) in [6.07, 6.45) is 9.05. The van der Waals surface area contributed by atoms with Gasteiger partial charge in [-0.3, -0.25) is 0 Å². The summed E-state index contributed by atoms with van der Waals surface area (Å²) in [6.45, 7) is 63.7. The summed E-state index contributed by atoms with van der Waals surface area (Å²) < 4.78 is 20.4. The molecule has 0 spiro atoms. The fourth-order valence-electron chi connectivity index (χ4n) is 9.85. The van der Waals surface area contributed by atoms with Crippen molar-refractivity contribution in [2.45, 2.75) is 239 Å². The van der Waals surface area contributed by atoms with Gasteiger partial charge in [0.05, 0.1) is 0 Å². The third-order valence-electron chi connectivity index (χ3n) is 14.3. The maximum absolute atomic E-state index is 6.79. The molecule has 72 heavy (non-hydrogen) atoms. The summed E-state index contributed by atoms with van der Waals surface area (Å²) in [5.41, 5.74) is 23.1. The molecule has 0 aliphatic carbocycles. The van der Waals surface area contributed by atoms with E-state index < -0.39 is 0 Å². The lowest BCUT2D eigenvalue weighted by Gasteiger charge is -2.32. The van der Waals surface area contributed by atoms with Gasteiger partial charge in [0.25, 0.3) is 0 Å². The first-order chi connectivity index (χ1) is 32.7. The predicted molar refractivity (Wildman–Crippen MR) is 315 cm³/mol. The number of hydrogen-bond acceptors (Lipinski definition) is 3. The summed E-state index contributed by atoms with van der Waals surface area (Å²) in [4.78, 5) is 0. The van der Waals surface area contributed by atoms with Crippen molar-refractivity contribution in [3.8, 4) is 17.2 Å². The summed E-state index contributed by atoms with van der Waals surface area (Å²) in [6, 6.07) is 14.8. The zero-order valence-corrected chi connectivity index (χ0v) is 51.2. The summed E-state index contributed by atoms with van der Waals surface area (Å²) in [7, 11) is 0. The Morgan fingerprint density at radius 1 is 0.319 bits per heavy atom. The zero-order valence-electron chi connectivity index (χ0n) is 51.2. The molecule has 0 saturated heterocycles. The van der Waals surface area contributed by atoms with E-state index in [0.717, 1.165) is 36.5 Å². The van der Waals surface area contributed by atoms with Crippen LogP contribution in [-0.2, 0) is 51.8 Å². The van der Waals surface area contributed by atoms with E-state index >= 15 is 0 Å². The van der Waals surface area contributed by atoms with Gasteiger partial charge in [0.1, 0.15) is 37.1 Å². The van der Waals surface area contributed by atoms with Crippen LogP contribution in [0.15, 0.2) is 71.3 Å². The van der Waals surface area contributed by atoms with Gasteiger partial charge in [0, 0.05) is 33.4 Å². The highest BCUT2D eigenvalue weighted by molar-refractivity contribution is 5.60. The smallest absolute Gasteiger partial charge is 0.127 e. The van der Waals surface area contributed by atoms with Crippen LogP contribution in [0.3, 0.4) is 0 Å². The van der Waals surface area contributed by atoms with Crippen LogP contribution in [0.2, 0.25) is 0 Å². The highest BCUT2D eigenvalue weighted by Crippen LogP contribution is 2.46. The van der Waals surface area contributed by atoms with Gasteiger partial charge in [-0.15, -0.1) is 0 Å². The van der Waals surface area contributed by atoms with Crippen molar-refractivity contribution in [1.29, 1.82) is 0 Å². The molecule has 0 radical (unpaired) electrons. The van der Waals surface area contributed by atoms with E-state index in [4.69, 9.17) is 14.2 Å². The van der Waals surface area contributed by atoms with E-state index in [1.54, 1.807) is 0 Å². The minimum absolute atomic E-state index is 0.127. The monoisotopic (exact) mass is 979 g/mol. The standard InChI is InChI=1S/C69H102O3/c1-43(2)28-31-70-61-55(64(10,11)12)37-49(38-56(61)65(13,14)15)34-52-46(7)53(35-50-39-57(66(16,17)18)62(71-32-29-44(3)4)58(40-50)67(19,20)21)48(9)54(47(52)8)36-51-41-59(68(22,23)24)63(72-33-30-45(5)6)60(42-51)69(25,26)27/h28-30,37-42H,31-36H2,1-27H3. The first kappa shape index (κ1) is 60.1. The maximum atomic E-state index is 6.79. The molecular formula is C69H102O3. The largest absolute Gasteiger partial charge is 0.489 e. The van der Waals surface area contributed by atoms with Crippen molar-refractivity contribution >= 4 is 0 Å². The quantitative estimate of drug-likeness (QED) is 0.111. The van der Waals surface area contributed by atoms with Crippen molar-refractivity contribution < 1.29 is 14.2 Å². The van der Waals surface area contributed by atoms with E-state index in [1.807, 2.05) is 0 Å². The summed E-state index contributed by atoms with van der Waals surface area (Å²) in [5.74, 6) is 3.10. The Bertz CT molecular complexity index is 2230. The van der Waals surface area contributed by atoms with Crippen molar-refractivity contribution in [3.05, 3.63) is 155 Å². The Kier molecular flexibility index (Phi) is 18.8. The molecule has 0 saturated carbocycles. The van der Waals surface area contributed by atoms with Crippen molar-refractivity contribution in [3.63, 3.8) is 0 Å². The molecular weight excluding hydrogens is 877 g/mol. The minimum atomic E-state index is -0.127. The lowest BCUT2D eigenvalue weighted by Crippen LogP contribution is -2.21. The van der Waals surface area contributed by atoms with E-state index in [0.29, 0.717) is 19.8 Å². The fourth-order valence-corrected chi connectivity index (χ4v) is 9.85. The molecule has 0 amide bonds. The molecule has 0 fully saturated rings. The first-order valence-corrected chi connectivity index (χ1v) is 27.2. The van der Waals surface area contributed by atoms with Gasteiger partial charge in [-0.05, 0) is 182 Å². The normalized spacial score (nSPS) is 12.7. The first-order valence-electron chi connectivity index (χ1n) is 27.2. The molecule has 0 aliphatic rings. The highest BCUT2D eigenvalue weighted by atomic mass is 16.5. The van der Waals surface area contributed by atoms with Gasteiger partial charge in [0.15, 0.2) is 0 Å². The van der Waals surface area contributed by atoms with Crippen LogP contribution in [0.4, 0.5) is 0 Å². The Morgan fingerprint density at radius 2 is 0.486 bits per heavy atom. The number of allylic oxidation sites excluding steroid dienone is 3. The molecule has 0 atom stereocenters. The van der Waals surface area contributed by atoms with Crippen LogP contribution >= 0.6 is 0 Å². The second-order valence-electron chi connectivity index (χ2n) is 28.2. The van der Waals surface area contributed by atoms with Crippen LogP contribution < -0.4 is 14.2 Å². The molecule has 396 valence electrons. The zero-order chi connectivity index (χ0) is 54.9. The number of hydrogen-bond donors (Lipinski definition) is 0. The Balaban J connectivity index is 2.16. The highest BCUT2D eigenvalue weighted by Gasteiger charge is 2.32. The molecule has 0 bridgehead atoms. The molecule has 4 aromatic carbocycles. The third kappa shape index (κ3) is 15.3. The maximum Gasteiger partial charge on any atom is 0.127 e. The van der Waals surface area contributed by atoms with Gasteiger partial charge < -0.3 is 14.2 Å². The van der Waals surface area contributed by atoms with Crippen LogP contribution in [0.1, 0.15) is 250 Å². The predicted octanol–water partition coefficient (Wildman–Crippen LogP) is 19.2. The lowest BCUT2D eigenvalue weighted by molar-refractivity contribution is 0.337. The molecule has 3 nitrogen and oxygen atoms in total. The van der Waals surface area contributed by atoms with Crippen molar-refractivity contribution in [1.82, 2.24) is 0 Å². The second-order valence-corrected chi connectivity index (χ2v) is 28.2. The van der Waals surface area contributed by atoms with Crippen LogP contribution in [0, 0.1) is 20.8 Å². The molecule has 0 N–H and O–H groups in total. The molecule has 0 aromatic heterocycles. The molecule has 4 rings (SSSR count). The van der Waals surface area contributed by atoms with Gasteiger partial charge in [-0.25, -0.2) is 0 Å². The van der Waals surface area contributed by atoms with E-state index in [-0.39, 0.29) is 32.5 Å². The van der Waals surface area contributed by atoms with Crippen LogP contribution in [-0.4, -0.2) is 19.8 Å². The molecule has 0 unspecified atom stereocenters. The number of rotatable bonds is 15. The van der Waals surface area contributed by atoms with E-state index in [9.17, 15) is 0 Å². The second kappa shape index (κ2) is 22.5. The van der Waals surface area contributed by atoms with E-state index in [2.05, 4.69) is 242 Å². The number of benzene rings is 4. The SMILES string of the molecule is CC(C)=CCOc1c(C(C)(C)C)cc(Cc2c(C)c(Cc3cc(C(C)(C)C)c(OCC=C(C)C)c(C(C)(C)C)c3)c(C)c(Cc3cc(C(C)(C)C)c(OCC=C(C)C)c(C(C)(C)C)c3)c2C)cc1C(C)(C)C. The third-order valence-corrected chi connectivity index (χ3v) is 14.3. The van der Waals surface area contributed by atoms with E-state index in [1.165, 1.54) is 100 Å². The topological polar surface area (TPSA) is 27.7 Å². The van der Waals surface area contributed by atoms with Crippen molar-refractivity contribution in [2.75, 3.05) is 19.8 Å². The minimum Gasteiger partial charge on any atom is -0.489 e. The Morgan fingerprint density at radius 3 is 0.625 bits per heavy atom. The van der Waals surface area contributed by atoms with Crippen molar-refractivity contribution in [2.24, 2.45) is 0 Å². The van der Waals surface area contributed by atoms with Crippen LogP contribution in [0.25, 0.3) is 0 Å². The average molecular weight is 980 g/mol. The average Bonchev–Trinajstić information content (AvgIpc) is 3.20.